The summed E-state index contributed by atoms with van der Waals surface area (Å²) in [5, 5.41) is 2.95. The number of hydrogen-bond donors (Lipinski definition) is 1. The quantitative estimate of drug-likeness (QED) is 0.700. The third-order valence-corrected chi connectivity index (χ3v) is 5.26. The van der Waals surface area contributed by atoms with Crippen molar-refractivity contribution in [2.45, 2.75) is 25.8 Å². The number of carbonyl (C=O) groups is 1. The average molecular weight is 387 g/mol. The van der Waals surface area contributed by atoms with Gasteiger partial charge in [-0.05, 0) is 32.0 Å². The maximum Gasteiger partial charge on any atom is 0.268 e. The highest BCUT2D eigenvalue weighted by molar-refractivity contribution is 5.97. The van der Waals surface area contributed by atoms with Crippen LogP contribution in [0.25, 0.3) is 11.1 Å². The minimum absolute atomic E-state index is 0.115. The minimum atomic E-state index is -0.637. The van der Waals surface area contributed by atoms with Crippen molar-refractivity contribution in [3.8, 4) is 0 Å². The summed E-state index contributed by atoms with van der Waals surface area (Å²) in [5.74, 6) is -1.49. The van der Waals surface area contributed by atoms with Gasteiger partial charge in [-0.3, -0.25) is 4.79 Å². The summed E-state index contributed by atoms with van der Waals surface area (Å²) in [4.78, 5) is 15.1. The molecule has 28 heavy (non-hydrogen) atoms. The van der Waals surface area contributed by atoms with E-state index in [1.165, 1.54) is 37.7 Å². The average Bonchev–Trinajstić information content (AvgIpc) is 3.27. The van der Waals surface area contributed by atoms with Gasteiger partial charge in [0.1, 0.15) is 17.3 Å². The maximum absolute atomic E-state index is 14.1. The first-order valence-electron chi connectivity index (χ1n) is 9.63. The van der Waals surface area contributed by atoms with Crippen molar-refractivity contribution in [2.75, 3.05) is 26.2 Å². The van der Waals surface area contributed by atoms with E-state index in [9.17, 15) is 13.6 Å². The standard InChI is InChI=1S/C21H23F2N3O2/c22-16-5-4-15(17(23)12-16)14-26-18-6-11-28-20(18)13-19(26)21(27)24-7-10-25-8-2-1-3-9-25/h4-6,11-13H,1-3,7-10,14H2,(H,24,27). The van der Waals surface area contributed by atoms with Crippen LogP contribution in [0.3, 0.4) is 0 Å². The predicted octanol–water partition coefficient (Wildman–Crippen LogP) is 3.78. The van der Waals surface area contributed by atoms with Crippen LogP contribution in [0.2, 0.25) is 0 Å². The predicted molar refractivity (Wildman–Crippen MR) is 102 cm³/mol. The van der Waals surface area contributed by atoms with E-state index >= 15 is 0 Å². The number of likely N-dealkylation sites (tertiary alicyclic amines) is 1. The molecule has 0 bridgehead atoms. The van der Waals surface area contributed by atoms with Gasteiger partial charge in [0.05, 0.1) is 18.3 Å². The van der Waals surface area contributed by atoms with E-state index in [4.69, 9.17) is 4.42 Å². The van der Waals surface area contributed by atoms with Crippen LogP contribution in [0.15, 0.2) is 41.0 Å². The molecule has 1 fully saturated rings. The summed E-state index contributed by atoms with van der Waals surface area (Å²) in [5.41, 5.74) is 1.97. The van der Waals surface area contributed by atoms with Crippen molar-refractivity contribution in [2.24, 2.45) is 0 Å². The van der Waals surface area contributed by atoms with Crippen LogP contribution in [-0.2, 0) is 6.54 Å². The van der Waals surface area contributed by atoms with Gasteiger partial charge in [-0.1, -0.05) is 12.5 Å². The largest absolute Gasteiger partial charge is 0.463 e. The molecule has 0 spiro atoms. The second-order valence-corrected chi connectivity index (χ2v) is 7.18. The van der Waals surface area contributed by atoms with Crippen molar-refractivity contribution < 1.29 is 18.0 Å². The van der Waals surface area contributed by atoms with Gasteiger partial charge in [-0.2, -0.15) is 0 Å². The number of amides is 1. The van der Waals surface area contributed by atoms with E-state index in [-0.39, 0.29) is 12.5 Å². The van der Waals surface area contributed by atoms with Gasteiger partial charge >= 0.3 is 0 Å². The van der Waals surface area contributed by atoms with Crippen LogP contribution in [0.5, 0.6) is 0 Å². The highest BCUT2D eigenvalue weighted by Crippen LogP contribution is 2.23. The molecule has 0 aliphatic carbocycles. The van der Waals surface area contributed by atoms with Crippen LogP contribution in [0, 0.1) is 11.6 Å². The second-order valence-electron chi connectivity index (χ2n) is 7.18. The number of piperidine rings is 1. The van der Waals surface area contributed by atoms with E-state index < -0.39 is 11.6 Å². The Balaban J connectivity index is 1.50. The first-order valence-corrected chi connectivity index (χ1v) is 9.63. The molecule has 3 aromatic rings. The monoisotopic (exact) mass is 387 g/mol. The lowest BCUT2D eigenvalue weighted by atomic mass is 10.1. The molecule has 2 aromatic heterocycles. The van der Waals surface area contributed by atoms with Gasteiger partial charge < -0.3 is 19.2 Å². The summed E-state index contributed by atoms with van der Waals surface area (Å²) in [7, 11) is 0. The third-order valence-electron chi connectivity index (χ3n) is 5.26. The molecule has 5 nitrogen and oxygen atoms in total. The first kappa shape index (κ1) is 18.7. The minimum Gasteiger partial charge on any atom is -0.463 e. The molecule has 1 amide bonds. The van der Waals surface area contributed by atoms with Crippen LogP contribution in [-0.4, -0.2) is 41.6 Å². The topological polar surface area (TPSA) is 50.4 Å². The van der Waals surface area contributed by atoms with Crippen molar-refractivity contribution in [3.63, 3.8) is 0 Å². The zero-order valence-corrected chi connectivity index (χ0v) is 15.6. The third kappa shape index (κ3) is 3.94. The number of fused-ring (bicyclic) bond motifs is 1. The molecule has 0 saturated carbocycles. The molecule has 148 valence electrons. The molecule has 0 atom stereocenters. The lowest BCUT2D eigenvalue weighted by molar-refractivity contribution is 0.0938. The molecule has 1 aliphatic rings. The first-order chi connectivity index (χ1) is 13.6. The number of carbonyl (C=O) groups excluding carboxylic acids is 1. The Kier molecular flexibility index (Phi) is 5.43. The van der Waals surface area contributed by atoms with E-state index in [0.29, 0.717) is 28.9 Å². The number of rotatable bonds is 6. The van der Waals surface area contributed by atoms with Crippen LogP contribution >= 0.6 is 0 Å². The van der Waals surface area contributed by atoms with Crippen LogP contribution in [0.4, 0.5) is 8.78 Å². The Labute approximate surface area is 161 Å². The maximum atomic E-state index is 14.1. The van der Waals surface area contributed by atoms with Gasteiger partial charge in [-0.15, -0.1) is 0 Å². The molecule has 1 aliphatic heterocycles. The number of nitrogens with zero attached hydrogens (tertiary/aromatic N) is 2. The van der Waals surface area contributed by atoms with Gasteiger partial charge in [0.25, 0.3) is 5.91 Å². The number of nitrogens with one attached hydrogen (secondary N) is 1. The number of aromatic nitrogens is 1. The van der Waals surface area contributed by atoms with Gasteiger partial charge in [0.2, 0.25) is 0 Å². The summed E-state index contributed by atoms with van der Waals surface area (Å²) in [6.07, 6.45) is 5.21. The molecule has 7 heteroatoms. The highest BCUT2D eigenvalue weighted by Gasteiger charge is 2.19. The van der Waals surface area contributed by atoms with E-state index in [0.717, 1.165) is 25.7 Å². The van der Waals surface area contributed by atoms with Crippen molar-refractivity contribution in [1.29, 1.82) is 0 Å². The van der Waals surface area contributed by atoms with E-state index in [1.54, 1.807) is 16.7 Å². The molecule has 3 heterocycles. The molecular formula is C21H23F2N3O2. The fourth-order valence-electron chi connectivity index (χ4n) is 3.76. The summed E-state index contributed by atoms with van der Waals surface area (Å²) in [6.45, 7) is 3.63. The number of benzene rings is 1. The summed E-state index contributed by atoms with van der Waals surface area (Å²) < 4.78 is 34.4. The Morgan fingerprint density at radius 1 is 1.11 bits per heavy atom. The zero-order valence-electron chi connectivity index (χ0n) is 15.6. The van der Waals surface area contributed by atoms with Crippen molar-refractivity contribution in [3.05, 3.63) is 59.5 Å². The summed E-state index contributed by atoms with van der Waals surface area (Å²) in [6, 6.07) is 6.86. The Morgan fingerprint density at radius 3 is 2.71 bits per heavy atom. The van der Waals surface area contributed by atoms with Gasteiger partial charge in [0, 0.05) is 36.9 Å². The normalized spacial score (nSPS) is 15.2. The lowest BCUT2D eigenvalue weighted by Crippen LogP contribution is -2.38. The number of furan rings is 1. The smallest absolute Gasteiger partial charge is 0.268 e. The molecule has 1 saturated heterocycles. The Bertz CT molecular complexity index is 973. The second kappa shape index (κ2) is 8.14. The lowest BCUT2D eigenvalue weighted by Gasteiger charge is -2.26. The summed E-state index contributed by atoms with van der Waals surface area (Å²) >= 11 is 0. The van der Waals surface area contributed by atoms with Gasteiger partial charge in [0.15, 0.2) is 5.58 Å². The van der Waals surface area contributed by atoms with Crippen molar-refractivity contribution >= 4 is 17.0 Å². The molecular weight excluding hydrogens is 364 g/mol. The molecule has 0 radical (unpaired) electrons. The molecule has 4 rings (SSSR count). The van der Waals surface area contributed by atoms with Crippen molar-refractivity contribution in [1.82, 2.24) is 14.8 Å². The Hall–Kier alpha value is -2.67. The van der Waals surface area contributed by atoms with E-state index in [1.807, 2.05) is 0 Å². The molecule has 1 N–H and O–H groups in total. The SMILES string of the molecule is O=C(NCCN1CCCCC1)c1cc2occc2n1Cc1ccc(F)cc1F. The number of hydrogen-bond acceptors (Lipinski definition) is 3. The zero-order chi connectivity index (χ0) is 19.5. The Morgan fingerprint density at radius 2 is 1.93 bits per heavy atom. The fourth-order valence-corrected chi connectivity index (χ4v) is 3.76. The fraction of sp³-hybridized carbons (Fsp3) is 0.381. The van der Waals surface area contributed by atoms with E-state index in [2.05, 4.69) is 10.2 Å². The highest BCUT2D eigenvalue weighted by atomic mass is 19.1. The molecule has 1 aromatic carbocycles. The van der Waals surface area contributed by atoms with Gasteiger partial charge in [-0.25, -0.2) is 8.78 Å². The van der Waals surface area contributed by atoms with Crippen LogP contribution in [0.1, 0.15) is 35.3 Å². The number of halogens is 2. The molecule has 0 unspecified atom stereocenters. The van der Waals surface area contributed by atoms with Crippen LogP contribution < -0.4 is 5.32 Å².